The lowest BCUT2D eigenvalue weighted by Gasteiger charge is -2.24. The molecule has 1 unspecified atom stereocenters. The fraction of sp³-hybridized carbons (Fsp3) is 0.875. The van der Waals surface area contributed by atoms with Gasteiger partial charge in [0.25, 0.3) is 0 Å². The van der Waals surface area contributed by atoms with E-state index < -0.39 is 14.6 Å². The van der Waals surface area contributed by atoms with E-state index >= 15 is 0 Å². The van der Waals surface area contributed by atoms with Crippen LogP contribution in [0.15, 0.2) is 0 Å². The van der Waals surface area contributed by atoms with Crippen LogP contribution in [0.4, 0.5) is 4.79 Å². The molecule has 0 radical (unpaired) electrons. The molecule has 0 aliphatic heterocycles. The van der Waals surface area contributed by atoms with Crippen LogP contribution in [-0.4, -0.2) is 34.9 Å². The second-order valence-corrected chi connectivity index (χ2v) is 6.63. The highest BCUT2D eigenvalue weighted by Gasteiger charge is 2.28. The summed E-state index contributed by atoms with van der Waals surface area (Å²) in [4.78, 5) is 10.4. The van der Waals surface area contributed by atoms with Crippen molar-refractivity contribution in [3.63, 3.8) is 0 Å². The fourth-order valence-corrected chi connectivity index (χ4v) is 3.06. The van der Waals surface area contributed by atoms with E-state index in [9.17, 15) is 4.79 Å². The highest BCUT2D eigenvalue weighted by molar-refractivity contribution is 6.65. The topological polar surface area (TPSA) is 73.6 Å². The summed E-state index contributed by atoms with van der Waals surface area (Å²) in [5, 5.41) is 2.53. The molecule has 0 aliphatic carbocycles. The smallest absolute Gasteiger partial charge is 0.334 e. The van der Waals surface area contributed by atoms with Gasteiger partial charge in [-0.1, -0.05) is 0 Å². The summed E-state index contributed by atoms with van der Waals surface area (Å²) < 4.78 is 10.9. The van der Waals surface area contributed by atoms with Crippen LogP contribution in [-0.2, 0) is 8.85 Å². The fourth-order valence-electron chi connectivity index (χ4n) is 1.16. The van der Waals surface area contributed by atoms with Crippen LogP contribution >= 0.6 is 0 Å². The summed E-state index contributed by atoms with van der Waals surface area (Å²) in [5.41, 5.74) is 4.93. The summed E-state index contributed by atoms with van der Waals surface area (Å²) in [6.07, 6.45) is 0.833. The van der Waals surface area contributed by atoms with Crippen molar-refractivity contribution in [1.29, 1.82) is 0 Å². The van der Waals surface area contributed by atoms with Gasteiger partial charge in [0.1, 0.15) is 0 Å². The molecule has 0 rings (SSSR count). The molecule has 5 nitrogen and oxygen atoms in total. The van der Waals surface area contributed by atoms with Gasteiger partial charge in [0.2, 0.25) is 0 Å². The lowest BCUT2D eigenvalue weighted by atomic mass is 10.5. The van der Waals surface area contributed by atoms with Crippen LogP contribution in [0.25, 0.3) is 0 Å². The first kappa shape index (κ1) is 13.4. The minimum absolute atomic E-state index is 0.484. The number of primary amides is 1. The lowest BCUT2D eigenvalue weighted by Crippen LogP contribution is -2.38. The first-order chi connectivity index (χ1) is 6.54. The van der Waals surface area contributed by atoms with E-state index in [1.807, 2.05) is 13.5 Å². The van der Waals surface area contributed by atoms with E-state index in [1.165, 1.54) is 0 Å². The maximum atomic E-state index is 10.4. The molecule has 6 heteroatoms. The Balaban J connectivity index is 3.66. The summed E-state index contributed by atoms with van der Waals surface area (Å²) in [6, 6.07) is 0.375. The zero-order valence-corrected chi connectivity index (χ0v) is 10.1. The van der Waals surface area contributed by atoms with Gasteiger partial charge in [0, 0.05) is 20.3 Å². The van der Waals surface area contributed by atoms with Crippen molar-refractivity contribution in [3.8, 4) is 0 Å². The molecular formula is C8H20N2O3Si. The molecule has 2 amide bonds. The number of rotatable bonds is 7. The first-order valence-electron chi connectivity index (χ1n) is 4.76. The number of hydrogen-bond acceptors (Lipinski definition) is 3. The molecule has 14 heavy (non-hydrogen) atoms. The highest BCUT2D eigenvalue weighted by atomic mass is 28.4. The maximum Gasteiger partial charge on any atom is 0.334 e. The van der Waals surface area contributed by atoms with Gasteiger partial charge in [-0.2, -0.15) is 0 Å². The van der Waals surface area contributed by atoms with Crippen molar-refractivity contribution in [2.24, 2.45) is 5.73 Å². The zero-order valence-electron chi connectivity index (χ0n) is 9.13. The van der Waals surface area contributed by atoms with Crippen molar-refractivity contribution in [1.82, 2.24) is 5.32 Å². The van der Waals surface area contributed by atoms with Gasteiger partial charge in [-0.05, 0) is 25.9 Å². The monoisotopic (exact) mass is 220 g/mol. The number of hydrogen-bond donors (Lipinski definition) is 2. The maximum absolute atomic E-state index is 10.4. The molecule has 84 valence electrons. The van der Waals surface area contributed by atoms with Crippen LogP contribution in [0.5, 0.6) is 0 Å². The predicted molar refractivity (Wildman–Crippen MR) is 57.3 cm³/mol. The number of carbonyl (C=O) groups excluding carboxylic acids is 1. The number of urea groups is 1. The summed E-state index contributed by atoms with van der Waals surface area (Å²) in [5.74, 6) is 0. The summed E-state index contributed by atoms with van der Waals surface area (Å²) in [6.45, 7) is 5.21. The van der Waals surface area contributed by atoms with E-state index in [1.54, 1.807) is 7.11 Å². The van der Waals surface area contributed by atoms with Crippen LogP contribution in [0.1, 0.15) is 13.3 Å². The molecule has 3 N–H and O–H groups in total. The van der Waals surface area contributed by atoms with Crippen molar-refractivity contribution < 1.29 is 13.6 Å². The summed E-state index contributed by atoms with van der Waals surface area (Å²) >= 11 is 0. The highest BCUT2D eigenvalue weighted by Crippen LogP contribution is 2.13. The molecule has 0 bridgehead atoms. The average molecular weight is 220 g/mol. The molecule has 0 spiro atoms. The molecule has 0 aromatic rings. The van der Waals surface area contributed by atoms with Gasteiger partial charge in [0.15, 0.2) is 0 Å². The Kier molecular flexibility index (Phi) is 6.51. The molecular weight excluding hydrogens is 200 g/mol. The molecule has 1 atom stereocenters. The average Bonchev–Trinajstić information content (AvgIpc) is 2.13. The van der Waals surface area contributed by atoms with Gasteiger partial charge in [0.05, 0.1) is 0 Å². The van der Waals surface area contributed by atoms with Crippen molar-refractivity contribution >= 4 is 14.6 Å². The van der Waals surface area contributed by atoms with Crippen molar-refractivity contribution in [2.75, 3.05) is 20.3 Å². The van der Waals surface area contributed by atoms with Crippen LogP contribution in [0, 0.1) is 0 Å². The molecule has 0 aromatic carbocycles. The molecule has 0 heterocycles. The van der Waals surface area contributed by atoms with Gasteiger partial charge in [-0.25, -0.2) is 4.79 Å². The first-order valence-corrected chi connectivity index (χ1v) is 7.29. The third-order valence-corrected chi connectivity index (χ3v) is 5.01. The number of nitrogens with two attached hydrogens (primary N) is 1. The van der Waals surface area contributed by atoms with Gasteiger partial charge < -0.3 is 19.9 Å². The number of amides is 2. The van der Waals surface area contributed by atoms with E-state index in [0.29, 0.717) is 13.2 Å². The Morgan fingerprint density at radius 3 is 2.64 bits per heavy atom. The lowest BCUT2D eigenvalue weighted by molar-refractivity contribution is 0.214. The summed E-state index contributed by atoms with van der Waals surface area (Å²) in [7, 11) is -0.317. The van der Waals surface area contributed by atoms with Gasteiger partial charge in [-0.3, -0.25) is 0 Å². The zero-order chi connectivity index (χ0) is 11.0. The van der Waals surface area contributed by atoms with Crippen LogP contribution in [0.3, 0.4) is 0 Å². The Morgan fingerprint density at radius 1 is 1.57 bits per heavy atom. The Labute approximate surface area is 86.2 Å². The van der Waals surface area contributed by atoms with Crippen LogP contribution < -0.4 is 11.1 Å². The van der Waals surface area contributed by atoms with E-state index in [2.05, 4.69) is 5.32 Å². The van der Waals surface area contributed by atoms with E-state index in [-0.39, 0.29) is 0 Å². The molecule has 0 saturated carbocycles. The second kappa shape index (κ2) is 6.80. The number of carbonyl (C=O) groups is 1. The molecule has 0 aromatic heterocycles. The normalized spacial score (nSPS) is 14.8. The largest absolute Gasteiger partial charge is 0.398 e. The third-order valence-electron chi connectivity index (χ3n) is 1.99. The van der Waals surface area contributed by atoms with Gasteiger partial charge >= 0.3 is 14.6 Å². The van der Waals surface area contributed by atoms with Crippen LogP contribution in [0.2, 0.25) is 12.6 Å². The second-order valence-electron chi connectivity index (χ2n) is 3.17. The minimum Gasteiger partial charge on any atom is -0.398 e. The Bertz CT molecular complexity index is 180. The third kappa shape index (κ3) is 5.95. The van der Waals surface area contributed by atoms with Crippen molar-refractivity contribution in [2.45, 2.75) is 25.9 Å². The molecule has 0 aliphatic rings. The predicted octanol–water partition coefficient (Wildman–Crippen LogP) is 0.800. The number of nitrogens with one attached hydrogen (secondary N) is 1. The molecule has 0 fully saturated rings. The quantitative estimate of drug-likeness (QED) is 0.492. The standard InChI is InChI=1S/C8H20N2O3Si/c1-4-13-14(3,12-2)7-5-6-10-8(9)11/h4-7H2,1-3H3,(H3,9,10,11). The van der Waals surface area contributed by atoms with Gasteiger partial charge in [-0.15, -0.1) is 0 Å². The van der Waals surface area contributed by atoms with E-state index in [0.717, 1.165) is 12.5 Å². The van der Waals surface area contributed by atoms with Crippen molar-refractivity contribution in [3.05, 3.63) is 0 Å². The SMILES string of the molecule is CCO[Si](C)(CCCNC(N)=O)OC. The molecule has 0 saturated heterocycles. The Morgan fingerprint density at radius 2 is 2.21 bits per heavy atom. The minimum atomic E-state index is -1.99. The Hall–Kier alpha value is -0.593. The van der Waals surface area contributed by atoms with E-state index in [4.69, 9.17) is 14.6 Å².